The normalized spacial score (nSPS) is 23.2. The number of nitrogens with one attached hydrogen (secondary N) is 1. The van der Waals surface area contributed by atoms with E-state index >= 15 is 0 Å². The molecule has 2 nitrogen and oxygen atoms in total. The molecule has 1 unspecified atom stereocenters. The standard InChI is InChI=1S/C14H30N2/c1-12(2)16-9-6-13(11-16)10-15-8-7-14(3,4)5/h12-13,15H,6-11H2,1-5H3. The molecule has 1 N–H and O–H groups in total. The molecule has 0 aliphatic carbocycles. The average molecular weight is 226 g/mol. The Labute approximate surface area is 102 Å². The molecule has 1 aliphatic heterocycles. The van der Waals surface area contributed by atoms with Crippen molar-refractivity contribution in [3.05, 3.63) is 0 Å². The zero-order chi connectivity index (χ0) is 12.2. The van der Waals surface area contributed by atoms with E-state index < -0.39 is 0 Å². The summed E-state index contributed by atoms with van der Waals surface area (Å²) in [6.07, 6.45) is 2.65. The molecule has 1 atom stereocenters. The van der Waals surface area contributed by atoms with E-state index in [1.807, 2.05) is 0 Å². The molecule has 1 aliphatic rings. The highest BCUT2D eigenvalue weighted by Gasteiger charge is 2.23. The third-order valence-electron chi connectivity index (χ3n) is 3.53. The summed E-state index contributed by atoms with van der Waals surface area (Å²) < 4.78 is 0. The number of likely N-dealkylation sites (tertiary alicyclic amines) is 1. The molecule has 1 heterocycles. The first-order valence-corrected chi connectivity index (χ1v) is 6.83. The number of hydrogen-bond donors (Lipinski definition) is 1. The minimum absolute atomic E-state index is 0.465. The Morgan fingerprint density at radius 2 is 2.00 bits per heavy atom. The van der Waals surface area contributed by atoms with Gasteiger partial charge in [-0.1, -0.05) is 20.8 Å². The molecule has 0 saturated carbocycles. The van der Waals surface area contributed by atoms with Crippen LogP contribution in [0.15, 0.2) is 0 Å². The molecule has 1 fully saturated rings. The van der Waals surface area contributed by atoms with Gasteiger partial charge in [0.2, 0.25) is 0 Å². The van der Waals surface area contributed by atoms with Gasteiger partial charge in [-0.15, -0.1) is 0 Å². The lowest BCUT2D eigenvalue weighted by Crippen LogP contribution is -2.31. The second-order valence-electron chi connectivity index (χ2n) is 6.76. The van der Waals surface area contributed by atoms with Gasteiger partial charge in [0.1, 0.15) is 0 Å². The minimum Gasteiger partial charge on any atom is -0.316 e. The smallest absolute Gasteiger partial charge is 0.00387 e. The van der Waals surface area contributed by atoms with E-state index in [0.717, 1.165) is 12.0 Å². The van der Waals surface area contributed by atoms with Crippen LogP contribution in [0.4, 0.5) is 0 Å². The van der Waals surface area contributed by atoms with Crippen molar-refractivity contribution in [3.8, 4) is 0 Å². The molecule has 2 heteroatoms. The van der Waals surface area contributed by atoms with Gasteiger partial charge < -0.3 is 10.2 Å². The maximum atomic E-state index is 3.62. The summed E-state index contributed by atoms with van der Waals surface area (Å²) in [5, 5.41) is 3.62. The SMILES string of the molecule is CC(C)N1CCC(CNCCC(C)(C)C)C1. The highest BCUT2D eigenvalue weighted by Crippen LogP contribution is 2.19. The van der Waals surface area contributed by atoms with E-state index in [1.165, 1.54) is 39.0 Å². The monoisotopic (exact) mass is 226 g/mol. The summed E-state index contributed by atoms with van der Waals surface area (Å²) in [5.74, 6) is 0.877. The van der Waals surface area contributed by atoms with Crippen molar-refractivity contribution in [1.29, 1.82) is 0 Å². The lowest BCUT2D eigenvalue weighted by atomic mass is 9.92. The van der Waals surface area contributed by atoms with Gasteiger partial charge in [0.15, 0.2) is 0 Å². The van der Waals surface area contributed by atoms with Crippen LogP contribution in [0.5, 0.6) is 0 Å². The largest absolute Gasteiger partial charge is 0.316 e. The molecule has 1 saturated heterocycles. The maximum Gasteiger partial charge on any atom is 0.00387 e. The lowest BCUT2D eigenvalue weighted by molar-refractivity contribution is 0.263. The van der Waals surface area contributed by atoms with Crippen LogP contribution in [0.25, 0.3) is 0 Å². The molecule has 0 amide bonds. The number of nitrogens with zero attached hydrogens (tertiary/aromatic N) is 1. The molecule has 0 aromatic heterocycles. The summed E-state index contributed by atoms with van der Waals surface area (Å²) in [6, 6.07) is 0.722. The molecule has 0 bridgehead atoms. The van der Waals surface area contributed by atoms with Crippen molar-refractivity contribution in [1.82, 2.24) is 10.2 Å². The van der Waals surface area contributed by atoms with E-state index in [9.17, 15) is 0 Å². The van der Waals surface area contributed by atoms with Crippen molar-refractivity contribution >= 4 is 0 Å². The Balaban J connectivity index is 2.07. The first-order chi connectivity index (χ1) is 7.38. The van der Waals surface area contributed by atoms with Gasteiger partial charge >= 0.3 is 0 Å². The van der Waals surface area contributed by atoms with Crippen LogP contribution in [0.2, 0.25) is 0 Å². The summed E-state index contributed by atoms with van der Waals surface area (Å²) in [7, 11) is 0. The van der Waals surface area contributed by atoms with Crippen LogP contribution < -0.4 is 5.32 Å². The van der Waals surface area contributed by atoms with Crippen LogP contribution in [-0.4, -0.2) is 37.1 Å². The fraction of sp³-hybridized carbons (Fsp3) is 1.00. The average Bonchev–Trinajstić information content (AvgIpc) is 2.59. The van der Waals surface area contributed by atoms with Gasteiger partial charge in [0.25, 0.3) is 0 Å². The molecule has 1 rings (SSSR count). The van der Waals surface area contributed by atoms with Crippen LogP contribution in [0, 0.1) is 11.3 Å². The van der Waals surface area contributed by atoms with Gasteiger partial charge in [0, 0.05) is 12.6 Å². The first-order valence-electron chi connectivity index (χ1n) is 6.83. The molecule has 0 aromatic carbocycles. The number of hydrogen-bond acceptors (Lipinski definition) is 2. The molecule has 96 valence electrons. The van der Waals surface area contributed by atoms with E-state index in [4.69, 9.17) is 0 Å². The Morgan fingerprint density at radius 3 is 2.50 bits per heavy atom. The van der Waals surface area contributed by atoms with Crippen LogP contribution in [-0.2, 0) is 0 Å². The molecular weight excluding hydrogens is 196 g/mol. The van der Waals surface area contributed by atoms with Crippen molar-refractivity contribution in [3.63, 3.8) is 0 Å². The Morgan fingerprint density at radius 1 is 1.31 bits per heavy atom. The zero-order valence-corrected chi connectivity index (χ0v) is 11.8. The first kappa shape index (κ1) is 14.0. The predicted molar refractivity (Wildman–Crippen MR) is 71.8 cm³/mol. The van der Waals surface area contributed by atoms with Gasteiger partial charge in [-0.2, -0.15) is 0 Å². The summed E-state index contributed by atoms with van der Waals surface area (Å²) in [4.78, 5) is 2.59. The molecule has 0 aromatic rings. The Bertz CT molecular complexity index is 193. The molecule has 16 heavy (non-hydrogen) atoms. The van der Waals surface area contributed by atoms with E-state index in [2.05, 4.69) is 44.8 Å². The Hall–Kier alpha value is -0.0800. The fourth-order valence-corrected chi connectivity index (χ4v) is 2.27. The van der Waals surface area contributed by atoms with Crippen molar-refractivity contribution in [2.45, 2.75) is 53.5 Å². The minimum atomic E-state index is 0.465. The van der Waals surface area contributed by atoms with Crippen LogP contribution >= 0.6 is 0 Å². The van der Waals surface area contributed by atoms with Gasteiger partial charge in [-0.3, -0.25) is 0 Å². The maximum absolute atomic E-state index is 3.62. The fourth-order valence-electron chi connectivity index (χ4n) is 2.27. The van der Waals surface area contributed by atoms with Gasteiger partial charge in [0.05, 0.1) is 0 Å². The van der Waals surface area contributed by atoms with Crippen LogP contribution in [0.3, 0.4) is 0 Å². The van der Waals surface area contributed by atoms with Gasteiger partial charge in [-0.25, -0.2) is 0 Å². The second-order valence-corrected chi connectivity index (χ2v) is 6.76. The summed E-state index contributed by atoms with van der Waals surface area (Å²) in [6.45, 7) is 16.5. The quantitative estimate of drug-likeness (QED) is 0.725. The van der Waals surface area contributed by atoms with Crippen molar-refractivity contribution in [2.24, 2.45) is 11.3 Å². The summed E-state index contributed by atoms with van der Waals surface area (Å²) >= 11 is 0. The molecule has 0 radical (unpaired) electrons. The van der Waals surface area contributed by atoms with Crippen molar-refractivity contribution in [2.75, 3.05) is 26.2 Å². The van der Waals surface area contributed by atoms with Gasteiger partial charge in [-0.05, 0) is 57.7 Å². The number of rotatable bonds is 5. The third-order valence-corrected chi connectivity index (χ3v) is 3.53. The van der Waals surface area contributed by atoms with Crippen molar-refractivity contribution < 1.29 is 0 Å². The highest BCUT2D eigenvalue weighted by atomic mass is 15.2. The third kappa shape index (κ3) is 5.31. The zero-order valence-electron chi connectivity index (χ0n) is 11.8. The molecule has 0 spiro atoms. The van der Waals surface area contributed by atoms with E-state index in [-0.39, 0.29) is 0 Å². The topological polar surface area (TPSA) is 15.3 Å². The Kier molecular flexibility index (Phi) is 5.26. The molecular formula is C14H30N2. The highest BCUT2D eigenvalue weighted by molar-refractivity contribution is 4.79. The van der Waals surface area contributed by atoms with E-state index in [1.54, 1.807) is 0 Å². The summed E-state index contributed by atoms with van der Waals surface area (Å²) in [5.41, 5.74) is 0.465. The lowest BCUT2D eigenvalue weighted by Gasteiger charge is -2.21. The second kappa shape index (κ2) is 6.02. The van der Waals surface area contributed by atoms with Crippen LogP contribution in [0.1, 0.15) is 47.5 Å². The predicted octanol–water partition coefficient (Wildman–Crippen LogP) is 2.74. The van der Waals surface area contributed by atoms with E-state index in [0.29, 0.717) is 5.41 Å².